The van der Waals surface area contributed by atoms with E-state index in [4.69, 9.17) is 0 Å². The Morgan fingerprint density at radius 3 is 2.50 bits per heavy atom. The third kappa shape index (κ3) is 3.10. The van der Waals surface area contributed by atoms with Crippen molar-refractivity contribution in [3.63, 3.8) is 0 Å². The first-order chi connectivity index (χ1) is 7.33. The second-order valence-corrected chi connectivity index (χ2v) is 5.29. The Bertz CT molecular complexity index is 495. The van der Waals surface area contributed by atoms with Crippen molar-refractivity contribution in [2.24, 2.45) is 0 Å². The highest BCUT2D eigenvalue weighted by atomic mass is 32.2. The maximum Gasteiger partial charge on any atom is 0.252 e. The SMILES string of the molecule is CC(=O)c1cccc(S(=O)(=O)CC(F)F)c1. The summed E-state index contributed by atoms with van der Waals surface area (Å²) in [5, 5.41) is 0. The summed E-state index contributed by atoms with van der Waals surface area (Å²) in [6, 6.07) is 5.10. The first-order valence-corrected chi connectivity index (χ1v) is 6.10. The Balaban J connectivity index is 3.14. The molecule has 0 amide bonds. The van der Waals surface area contributed by atoms with Gasteiger partial charge in [-0.15, -0.1) is 0 Å². The van der Waals surface area contributed by atoms with Crippen molar-refractivity contribution < 1.29 is 22.0 Å². The third-order valence-electron chi connectivity index (χ3n) is 1.95. The number of ketones is 1. The zero-order valence-electron chi connectivity index (χ0n) is 8.48. The smallest absolute Gasteiger partial charge is 0.252 e. The van der Waals surface area contributed by atoms with Gasteiger partial charge in [0.2, 0.25) is 0 Å². The molecule has 16 heavy (non-hydrogen) atoms. The molecule has 0 aliphatic carbocycles. The second-order valence-electron chi connectivity index (χ2n) is 3.26. The van der Waals surface area contributed by atoms with Crippen LogP contribution >= 0.6 is 0 Å². The molecule has 1 aromatic rings. The first-order valence-electron chi connectivity index (χ1n) is 4.45. The number of alkyl halides is 2. The van der Waals surface area contributed by atoms with E-state index in [1.165, 1.54) is 25.1 Å². The molecule has 0 heterocycles. The molecule has 0 aliphatic heterocycles. The van der Waals surface area contributed by atoms with E-state index in [1.807, 2.05) is 0 Å². The standard InChI is InChI=1S/C10H10F2O3S/c1-7(13)8-3-2-4-9(5-8)16(14,15)6-10(11)12/h2-5,10H,6H2,1H3. The van der Waals surface area contributed by atoms with Crippen molar-refractivity contribution in [3.8, 4) is 0 Å². The number of sulfone groups is 1. The monoisotopic (exact) mass is 248 g/mol. The van der Waals surface area contributed by atoms with Crippen LogP contribution in [0.3, 0.4) is 0 Å². The number of carbonyl (C=O) groups is 1. The topological polar surface area (TPSA) is 51.2 Å². The minimum atomic E-state index is -4.02. The Morgan fingerprint density at radius 2 is 2.00 bits per heavy atom. The number of Topliss-reactive ketones (excluding diaryl/α,β-unsaturated/α-hetero) is 1. The van der Waals surface area contributed by atoms with Gasteiger partial charge < -0.3 is 0 Å². The van der Waals surface area contributed by atoms with Crippen molar-refractivity contribution in [3.05, 3.63) is 29.8 Å². The molecule has 3 nitrogen and oxygen atoms in total. The average molecular weight is 248 g/mol. The van der Waals surface area contributed by atoms with Gasteiger partial charge in [0.15, 0.2) is 15.6 Å². The van der Waals surface area contributed by atoms with Crippen molar-refractivity contribution in [1.82, 2.24) is 0 Å². The molecule has 0 saturated heterocycles. The summed E-state index contributed by atoms with van der Waals surface area (Å²) in [4.78, 5) is 10.8. The van der Waals surface area contributed by atoms with Crippen LogP contribution in [0.4, 0.5) is 8.78 Å². The molecule has 0 aromatic heterocycles. The van der Waals surface area contributed by atoms with Gasteiger partial charge in [0.1, 0.15) is 5.75 Å². The molecule has 1 rings (SSSR count). The van der Waals surface area contributed by atoms with Crippen molar-refractivity contribution in [2.45, 2.75) is 18.2 Å². The maximum absolute atomic E-state index is 12.0. The molecule has 1 aromatic carbocycles. The van der Waals surface area contributed by atoms with Crippen LogP contribution in [0.25, 0.3) is 0 Å². The number of hydrogen-bond acceptors (Lipinski definition) is 3. The molecule has 0 atom stereocenters. The van der Waals surface area contributed by atoms with Gasteiger partial charge in [-0.05, 0) is 19.1 Å². The minimum absolute atomic E-state index is 0.190. The van der Waals surface area contributed by atoms with E-state index >= 15 is 0 Å². The lowest BCUT2D eigenvalue weighted by Gasteiger charge is -2.04. The highest BCUT2D eigenvalue weighted by molar-refractivity contribution is 7.91. The van der Waals surface area contributed by atoms with Crippen LogP contribution in [0.2, 0.25) is 0 Å². The fraction of sp³-hybridized carbons (Fsp3) is 0.300. The Morgan fingerprint density at radius 1 is 1.38 bits per heavy atom. The van der Waals surface area contributed by atoms with Gasteiger partial charge in [-0.2, -0.15) is 0 Å². The highest BCUT2D eigenvalue weighted by Gasteiger charge is 2.20. The number of rotatable bonds is 4. The quantitative estimate of drug-likeness (QED) is 0.765. The van der Waals surface area contributed by atoms with Crippen LogP contribution in [-0.2, 0) is 9.84 Å². The van der Waals surface area contributed by atoms with Gasteiger partial charge in [0, 0.05) is 5.56 Å². The number of carbonyl (C=O) groups excluding carboxylic acids is 1. The van der Waals surface area contributed by atoms with Gasteiger partial charge in [-0.25, -0.2) is 17.2 Å². The van der Waals surface area contributed by atoms with Crippen molar-refractivity contribution in [2.75, 3.05) is 5.75 Å². The number of hydrogen-bond donors (Lipinski definition) is 0. The van der Waals surface area contributed by atoms with E-state index in [0.717, 1.165) is 6.07 Å². The van der Waals surface area contributed by atoms with Gasteiger partial charge in [-0.1, -0.05) is 12.1 Å². The second kappa shape index (κ2) is 4.69. The van der Waals surface area contributed by atoms with E-state index in [-0.39, 0.29) is 16.2 Å². The Labute approximate surface area is 92.0 Å². The van der Waals surface area contributed by atoms with Crippen LogP contribution < -0.4 is 0 Å². The fourth-order valence-corrected chi connectivity index (χ4v) is 2.29. The summed E-state index contributed by atoms with van der Waals surface area (Å²) in [6.45, 7) is 1.28. The molecule has 0 fully saturated rings. The van der Waals surface area contributed by atoms with E-state index in [2.05, 4.69) is 0 Å². The first kappa shape index (κ1) is 12.8. The summed E-state index contributed by atoms with van der Waals surface area (Å²) in [5.74, 6) is -1.54. The summed E-state index contributed by atoms with van der Waals surface area (Å²) >= 11 is 0. The summed E-state index contributed by atoms with van der Waals surface area (Å²) in [7, 11) is -4.02. The van der Waals surface area contributed by atoms with E-state index < -0.39 is 22.0 Å². The molecule has 6 heteroatoms. The molecule has 88 valence electrons. The molecular weight excluding hydrogens is 238 g/mol. The van der Waals surface area contributed by atoms with E-state index in [9.17, 15) is 22.0 Å². The molecular formula is C10H10F2O3S. The molecule has 0 saturated carbocycles. The molecule has 0 bridgehead atoms. The minimum Gasteiger partial charge on any atom is -0.295 e. The lowest BCUT2D eigenvalue weighted by Crippen LogP contribution is -2.14. The predicted octanol–water partition coefficient (Wildman–Crippen LogP) is 1.93. The van der Waals surface area contributed by atoms with Gasteiger partial charge >= 0.3 is 0 Å². The molecule has 0 aliphatic rings. The summed E-state index contributed by atoms with van der Waals surface area (Å²) in [6.07, 6.45) is -2.93. The highest BCUT2D eigenvalue weighted by Crippen LogP contribution is 2.15. The lowest BCUT2D eigenvalue weighted by molar-refractivity contribution is 0.101. The molecule has 0 spiro atoms. The van der Waals surface area contributed by atoms with E-state index in [0.29, 0.717) is 0 Å². The van der Waals surface area contributed by atoms with Crippen molar-refractivity contribution >= 4 is 15.6 Å². The maximum atomic E-state index is 12.0. The Hall–Kier alpha value is -1.30. The average Bonchev–Trinajstić information content (AvgIpc) is 2.16. The van der Waals surface area contributed by atoms with E-state index in [1.54, 1.807) is 0 Å². The summed E-state index contributed by atoms with van der Waals surface area (Å²) < 4.78 is 46.9. The zero-order chi connectivity index (χ0) is 12.3. The normalized spacial score (nSPS) is 11.8. The number of benzene rings is 1. The fourth-order valence-electron chi connectivity index (χ4n) is 1.17. The largest absolute Gasteiger partial charge is 0.295 e. The summed E-state index contributed by atoms with van der Waals surface area (Å²) in [5.41, 5.74) is 0.190. The molecule has 0 radical (unpaired) electrons. The lowest BCUT2D eigenvalue weighted by atomic mass is 10.2. The van der Waals surface area contributed by atoms with Gasteiger partial charge in [0.25, 0.3) is 6.43 Å². The Kier molecular flexibility index (Phi) is 3.74. The third-order valence-corrected chi connectivity index (χ3v) is 3.61. The molecule has 0 unspecified atom stereocenters. The molecule has 0 N–H and O–H groups in total. The van der Waals surface area contributed by atoms with Crippen LogP contribution in [0.15, 0.2) is 29.2 Å². The zero-order valence-corrected chi connectivity index (χ0v) is 9.30. The van der Waals surface area contributed by atoms with Crippen LogP contribution in [0, 0.1) is 0 Å². The predicted molar refractivity (Wildman–Crippen MR) is 54.5 cm³/mol. The van der Waals surface area contributed by atoms with Gasteiger partial charge in [0.05, 0.1) is 4.90 Å². The van der Waals surface area contributed by atoms with Crippen LogP contribution in [0.5, 0.6) is 0 Å². The van der Waals surface area contributed by atoms with Crippen LogP contribution in [-0.4, -0.2) is 26.4 Å². The van der Waals surface area contributed by atoms with Gasteiger partial charge in [-0.3, -0.25) is 4.79 Å². The van der Waals surface area contributed by atoms with Crippen LogP contribution in [0.1, 0.15) is 17.3 Å². The van der Waals surface area contributed by atoms with Crippen molar-refractivity contribution in [1.29, 1.82) is 0 Å². The number of halogens is 2.